The first-order valence-corrected chi connectivity index (χ1v) is 7.49. The molecule has 0 radical (unpaired) electrons. The number of ether oxygens (including phenoxy) is 2. The molecule has 1 aromatic carbocycles. The first-order chi connectivity index (χ1) is 9.81. The minimum Gasteiger partial charge on any atom is -0.493 e. The van der Waals surface area contributed by atoms with Gasteiger partial charge in [-0.3, -0.25) is 4.90 Å². The highest BCUT2D eigenvalue weighted by atomic mass is 16.5. The van der Waals surface area contributed by atoms with Crippen LogP contribution in [0.25, 0.3) is 0 Å². The summed E-state index contributed by atoms with van der Waals surface area (Å²) in [5, 5.41) is 3.66. The van der Waals surface area contributed by atoms with E-state index in [1.807, 2.05) is 12.1 Å². The van der Waals surface area contributed by atoms with Crippen LogP contribution >= 0.6 is 0 Å². The maximum absolute atomic E-state index is 5.48. The van der Waals surface area contributed by atoms with Gasteiger partial charge < -0.3 is 14.8 Å². The lowest BCUT2D eigenvalue weighted by molar-refractivity contribution is 0.316. The maximum Gasteiger partial charge on any atom is 0.165 e. The summed E-state index contributed by atoms with van der Waals surface area (Å²) in [7, 11) is 3.38. The quantitative estimate of drug-likeness (QED) is 0.862. The van der Waals surface area contributed by atoms with Crippen molar-refractivity contribution in [1.82, 2.24) is 10.2 Å². The van der Waals surface area contributed by atoms with Crippen molar-refractivity contribution in [3.63, 3.8) is 0 Å². The van der Waals surface area contributed by atoms with Crippen LogP contribution in [0.1, 0.15) is 24.8 Å². The van der Waals surface area contributed by atoms with Gasteiger partial charge >= 0.3 is 0 Å². The number of likely N-dealkylation sites (tertiary alicyclic amines) is 1. The fourth-order valence-corrected chi connectivity index (χ4v) is 3.07. The number of rotatable bonds is 6. The van der Waals surface area contributed by atoms with Gasteiger partial charge in [0, 0.05) is 37.3 Å². The Hall–Kier alpha value is -1.26. The van der Waals surface area contributed by atoms with Gasteiger partial charge in [0.1, 0.15) is 0 Å². The van der Waals surface area contributed by atoms with Crippen molar-refractivity contribution in [3.8, 4) is 11.5 Å². The van der Waals surface area contributed by atoms with Crippen LogP contribution in [0.4, 0.5) is 0 Å². The van der Waals surface area contributed by atoms with Crippen molar-refractivity contribution in [2.75, 3.05) is 27.3 Å². The van der Waals surface area contributed by atoms with Gasteiger partial charge in [-0.1, -0.05) is 12.1 Å². The molecule has 1 N–H and O–H groups in total. The average Bonchev–Trinajstić information content (AvgIpc) is 3.23. The van der Waals surface area contributed by atoms with E-state index in [1.165, 1.54) is 32.4 Å². The Balaban J connectivity index is 1.58. The highest BCUT2D eigenvalue weighted by Gasteiger charge is 2.34. The number of hydrogen-bond donors (Lipinski definition) is 1. The third-order valence-corrected chi connectivity index (χ3v) is 4.35. The van der Waals surface area contributed by atoms with E-state index in [-0.39, 0.29) is 0 Å². The van der Waals surface area contributed by atoms with Crippen molar-refractivity contribution < 1.29 is 9.47 Å². The molecule has 2 fully saturated rings. The van der Waals surface area contributed by atoms with Crippen LogP contribution in [0.2, 0.25) is 0 Å². The Bertz CT molecular complexity index is 460. The molecule has 4 heteroatoms. The number of nitrogens with one attached hydrogen (secondary N) is 1. The monoisotopic (exact) mass is 276 g/mol. The zero-order chi connectivity index (χ0) is 13.9. The van der Waals surface area contributed by atoms with Crippen LogP contribution in [0.15, 0.2) is 18.2 Å². The van der Waals surface area contributed by atoms with Crippen molar-refractivity contribution in [2.45, 2.75) is 37.9 Å². The first-order valence-electron chi connectivity index (χ1n) is 7.49. The lowest BCUT2D eigenvalue weighted by Crippen LogP contribution is -2.33. The minimum atomic E-state index is 0.603. The standard InChI is InChI=1S/C16H24N2O2/c1-19-15-5-3-4-12(16(15)20-2)10-17-13-8-9-18(11-13)14-6-7-14/h3-5,13-14,17H,6-11H2,1-2H3. The van der Waals surface area contributed by atoms with E-state index in [0.717, 1.165) is 29.6 Å². The van der Waals surface area contributed by atoms with E-state index in [0.29, 0.717) is 6.04 Å². The SMILES string of the molecule is COc1cccc(CNC2CCN(C3CC3)C2)c1OC. The van der Waals surface area contributed by atoms with Gasteiger partial charge in [-0.25, -0.2) is 0 Å². The zero-order valence-corrected chi connectivity index (χ0v) is 12.4. The highest BCUT2D eigenvalue weighted by Crippen LogP contribution is 2.32. The number of methoxy groups -OCH3 is 2. The molecule has 3 rings (SSSR count). The third-order valence-electron chi connectivity index (χ3n) is 4.35. The summed E-state index contributed by atoms with van der Waals surface area (Å²) in [4.78, 5) is 2.63. The first kappa shape index (κ1) is 13.7. The summed E-state index contributed by atoms with van der Waals surface area (Å²) in [5.74, 6) is 1.65. The lowest BCUT2D eigenvalue weighted by atomic mass is 10.1. The molecule has 1 saturated carbocycles. The van der Waals surface area contributed by atoms with Gasteiger partial charge in [-0.05, 0) is 25.3 Å². The normalized spacial score (nSPS) is 23.0. The molecule has 1 saturated heterocycles. The molecular formula is C16H24N2O2. The Morgan fingerprint density at radius 2 is 2.05 bits per heavy atom. The molecule has 0 amide bonds. The predicted octanol–water partition coefficient (Wildman–Crippen LogP) is 2.03. The van der Waals surface area contributed by atoms with Crippen LogP contribution in [-0.2, 0) is 6.54 Å². The van der Waals surface area contributed by atoms with Crippen LogP contribution in [0.5, 0.6) is 11.5 Å². The van der Waals surface area contributed by atoms with E-state index < -0.39 is 0 Å². The summed E-state index contributed by atoms with van der Waals surface area (Å²) in [5.41, 5.74) is 1.16. The molecule has 0 bridgehead atoms. The van der Waals surface area contributed by atoms with Crippen molar-refractivity contribution in [1.29, 1.82) is 0 Å². The summed E-state index contributed by atoms with van der Waals surface area (Å²) < 4.78 is 10.8. The fourth-order valence-electron chi connectivity index (χ4n) is 3.07. The molecule has 1 unspecified atom stereocenters. The Kier molecular flexibility index (Phi) is 4.13. The van der Waals surface area contributed by atoms with Crippen LogP contribution in [-0.4, -0.2) is 44.3 Å². The molecular weight excluding hydrogens is 252 g/mol. The second kappa shape index (κ2) is 6.02. The molecule has 0 aromatic heterocycles. The van der Waals surface area contributed by atoms with Crippen molar-refractivity contribution in [3.05, 3.63) is 23.8 Å². The van der Waals surface area contributed by atoms with Crippen LogP contribution in [0, 0.1) is 0 Å². The lowest BCUT2D eigenvalue weighted by Gasteiger charge is -2.17. The highest BCUT2D eigenvalue weighted by molar-refractivity contribution is 5.46. The van der Waals surface area contributed by atoms with Gasteiger partial charge in [0.05, 0.1) is 14.2 Å². The van der Waals surface area contributed by atoms with Gasteiger partial charge in [-0.2, -0.15) is 0 Å². The second-order valence-corrected chi connectivity index (χ2v) is 5.75. The summed E-state index contributed by atoms with van der Waals surface area (Å²) >= 11 is 0. The smallest absolute Gasteiger partial charge is 0.165 e. The van der Waals surface area contributed by atoms with Crippen molar-refractivity contribution in [2.24, 2.45) is 0 Å². The largest absolute Gasteiger partial charge is 0.493 e. The molecule has 110 valence electrons. The summed E-state index contributed by atoms with van der Waals surface area (Å²) in [6.07, 6.45) is 4.05. The molecule has 1 aromatic rings. The molecule has 1 aliphatic carbocycles. The molecule has 1 atom stereocenters. The number of nitrogens with zero attached hydrogens (tertiary/aromatic N) is 1. The molecule has 1 heterocycles. The summed E-state index contributed by atoms with van der Waals surface area (Å²) in [6.45, 7) is 3.28. The maximum atomic E-state index is 5.48. The van der Waals surface area contributed by atoms with Crippen molar-refractivity contribution >= 4 is 0 Å². The molecule has 2 aliphatic rings. The molecule has 0 spiro atoms. The topological polar surface area (TPSA) is 33.7 Å². The number of benzene rings is 1. The van der Waals surface area contributed by atoms with E-state index in [9.17, 15) is 0 Å². The summed E-state index contributed by atoms with van der Waals surface area (Å²) in [6, 6.07) is 7.54. The average molecular weight is 276 g/mol. The fraction of sp³-hybridized carbons (Fsp3) is 0.625. The number of hydrogen-bond acceptors (Lipinski definition) is 4. The van der Waals surface area contributed by atoms with E-state index >= 15 is 0 Å². The minimum absolute atomic E-state index is 0.603. The molecule has 20 heavy (non-hydrogen) atoms. The molecule has 1 aliphatic heterocycles. The Morgan fingerprint density at radius 1 is 1.20 bits per heavy atom. The van der Waals surface area contributed by atoms with Gasteiger partial charge in [0.25, 0.3) is 0 Å². The molecule has 4 nitrogen and oxygen atoms in total. The second-order valence-electron chi connectivity index (χ2n) is 5.75. The predicted molar refractivity (Wildman–Crippen MR) is 79.4 cm³/mol. The van der Waals surface area contributed by atoms with E-state index in [2.05, 4.69) is 16.3 Å². The Morgan fingerprint density at radius 3 is 2.75 bits per heavy atom. The third kappa shape index (κ3) is 2.91. The van der Waals surface area contributed by atoms with E-state index in [1.54, 1.807) is 14.2 Å². The zero-order valence-electron chi connectivity index (χ0n) is 12.4. The Labute approximate surface area is 121 Å². The number of para-hydroxylation sites is 1. The van der Waals surface area contributed by atoms with Gasteiger partial charge in [-0.15, -0.1) is 0 Å². The van der Waals surface area contributed by atoms with Crippen LogP contribution in [0.3, 0.4) is 0 Å². The van der Waals surface area contributed by atoms with Gasteiger partial charge in [0.2, 0.25) is 0 Å². The van der Waals surface area contributed by atoms with Crippen LogP contribution < -0.4 is 14.8 Å². The van der Waals surface area contributed by atoms with E-state index in [4.69, 9.17) is 9.47 Å². The van der Waals surface area contributed by atoms with Gasteiger partial charge in [0.15, 0.2) is 11.5 Å².